The van der Waals surface area contributed by atoms with Gasteiger partial charge in [0.15, 0.2) is 0 Å². The van der Waals surface area contributed by atoms with Gasteiger partial charge in [0.25, 0.3) is 0 Å². The molecule has 1 saturated heterocycles. The topological polar surface area (TPSA) is 72.0 Å². The monoisotopic (exact) mass is 419 g/mol. The van der Waals surface area contributed by atoms with Crippen molar-refractivity contribution in [3.63, 3.8) is 0 Å². The van der Waals surface area contributed by atoms with E-state index < -0.39 is 10.0 Å². The van der Waals surface area contributed by atoms with Crippen molar-refractivity contribution >= 4 is 26.0 Å². The van der Waals surface area contributed by atoms with E-state index in [2.05, 4.69) is 53.7 Å². The summed E-state index contributed by atoms with van der Waals surface area (Å²) in [6, 6.07) is 3.27. The van der Waals surface area contributed by atoms with E-state index in [1.54, 1.807) is 19.1 Å². The van der Waals surface area contributed by atoms with Crippen molar-refractivity contribution < 1.29 is 18.5 Å². The third-order valence-electron chi connectivity index (χ3n) is 4.39. The van der Waals surface area contributed by atoms with E-state index in [0.717, 1.165) is 17.3 Å². The molecule has 0 aliphatic carbocycles. The van der Waals surface area contributed by atoms with Crippen molar-refractivity contribution in [1.82, 2.24) is 4.72 Å². The third-order valence-corrected chi connectivity index (χ3v) is 6.67. The number of rotatable bonds is 4. The van der Waals surface area contributed by atoms with Gasteiger partial charge in [-0.25, -0.2) is 13.1 Å². The molecule has 3 N–H and O–H groups in total. The molecule has 136 valence electrons. The van der Waals surface area contributed by atoms with Gasteiger partial charge in [-0.05, 0) is 62.2 Å². The lowest BCUT2D eigenvalue weighted by Gasteiger charge is -2.43. The Hall–Kier alpha value is -0.630. The van der Waals surface area contributed by atoms with Gasteiger partial charge in [0, 0.05) is 24.9 Å². The first kappa shape index (κ1) is 19.7. The second-order valence-electron chi connectivity index (χ2n) is 8.10. The summed E-state index contributed by atoms with van der Waals surface area (Å²) in [5.74, 6) is 0.513. The molecular formula is C17H28BrN2O3S+. The number of nitrogens with one attached hydrogen (secondary N) is 1. The molecule has 7 heteroatoms. The number of hydrogen-bond donors (Lipinski definition) is 2. The highest BCUT2D eigenvalue weighted by molar-refractivity contribution is 9.10. The van der Waals surface area contributed by atoms with Crippen LogP contribution in [0.4, 0.5) is 0 Å². The van der Waals surface area contributed by atoms with Gasteiger partial charge in [-0.2, -0.15) is 0 Å². The smallest absolute Gasteiger partial charge is 0.241 e. The molecule has 1 aromatic rings. The average Bonchev–Trinajstić information content (AvgIpc) is 2.33. The number of nitrogens with two attached hydrogens (primary N) is 1. The molecule has 0 bridgehead atoms. The van der Waals surface area contributed by atoms with Crippen LogP contribution in [-0.4, -0.2) is 32.6 Å². The van der Waals surface area contributed by atoms with Gasteiger partial charge in [-0.15, -0.1) is 0 Å². The van der Waals surface area contributed by atoms with Gasteiger partial charge in [-0.3, -0.25) is 0 Å². The van der Waals surface area contributed by atoms with Crippen LogP contribution in [0.3, 0.4) is 0 Å². The van der Waals surface area contributed by atoms with Crippen molar-refractivity contribution in [2.24, 2.45) is 0 Å². The molecule has 1 heterocycles. The molecule has 0 radical (unpaired) electrons. The van der Waals surface area contributed by atoms with Gasteiger partial charge in [0.05, 0.1) is 27.6 Å². The Labute approximate surface area is 153 Å². The molecule has 1 fully saturated rings. The number of ether oxygens (including phenoxy) is 1. The summed E-state index contributed by atoms with van der Waals surface area (Å²) in [5.41, 5.74) is 0.694. The lowest BCUT2D eigenvalue weighted by molar-refractivity contribution is -0.787. The Balaban J connectivity index is 2.32. The SMILES string of the molecule is COc1cc(S(=O)(=O)NC2CC(C)(C)[NH2+]C(C)(C)C2)c(C)cc1Br. The van der Waals surface area contributed by atoms with Crippen molar-refractivity contribution in [2.45, 2.75) is 69.5 Å². The fraction of sp³-hybridized carbons (Fsp3) is 0.647. The highest BCUT2D eigenvalue weighted by Crippen LogP contribution is 2.31. The minimum atomic E-state index is -3.61. The zero-order valence-corrected chi connectivity index (χ0v) is 17.6. The number of hydrogen-bond acceptors (Lipinski definition) is 3. The molecule has 1 aromatic carbocycles. The molecule has 0 spiro atoms. The molecule has 0 aromatic heterocycles. The molecule has 0 atom stereocenters. The molecular weight excluding hydrogens is 392 g/mol. The first-order chi connectivity index (χ1) is 10.9. The summed E-state index contributed by atoms with van der Waals surface area (Å²) in [6.45, 7) is 10.4. The van der Waals surface area contributed by atoms with Crippen LogP contribution in [0.1, 0.15) is 46.1 Å². The van der Waals surface area contributed by atoms with Gasteiger partial charge in [0.2, 0.25) is 10.0 Å². The zero-order valence-electron chi connectivity index (χ0n) is 15.2. The Bertz CT molecular complexity index is 714. The number of halogens is 1. The number of aryl methyl sites for hydroxylation is 1. The van der Waals surface area contributed by atoms with E-state index in [1.807, 2.05) is 0 Å². The van der Waals surface area contributed by atoms with Crippen LogP contribution >= 0.6 is 15.9 Å². The maximum atomic E-state index is 12.9. The second-order valence-corrected chi connectivity index (χ2v) is 10.6. The van der Waals surface area contributed by atoms with E-state index in [-0.39, 0.29) is 22.0 Å². The van der Waals surface area contributed by atoms with E-state index in [4.69, 9.17) is 4.74 Å². The summed E-state index contributed by atoms with van der Waals surface area (Å²) >= 11 is 3.39. The fourth-order valence-electron chi connectivity index (χ4n) is 3.96. The van der Waals surface area contributed by atoms with Crippen LogP contribution in [-0.2, 0) is 10.0 Å². The maximum absolute atomic E-state index is 12.9. The minimum absolute atomic E-state index is 0.00138. The largest absolute Gasteiger partial charge is 0.496 e. The normalized spacial score (nSPS) is 20.8. The van der Waals surface area contributed by atoms with Gasteiger partial charge in [0.1, 0.15) is 5.75 Å². The lowest BCUT2D eigenvalue weighted by atomic mass is 9.80. The van der Waals surface area contributed by atoms with E-state index in [9.17, 15) is 8.42 Å². The summed E-state index contributed by atoms with van der Waals surface area (Å²) in [4.78, 5) is 0.271. The molecule has 0 saturated carbocycles. The molecule has 1 aliphatic heterocycles. The second kappa shape index (κ2) is 6.59. The van der Waals surface area contributed by atoms with Crippen molar-refractivity contribution in [3.05, 3.63) is 22.2 Å². The van der Waals surface area contributed by atoms with Crippen LogP contribution in [0.25, 0.3) is 0 Å². The molecule has 1 aliphatic rings. The Morgan fingerprint density at radius 2 is 1.75 bits per heavy atom. The Morgan fingerprint density at radius 3 is 2.25 bits per heavy atom. The predicted octanol–water partition coefficient (Wildman–Crippen LogP) is 2.33. The molecule has 24 heavy (non-hydrogen) atoms. The number of sulfonamides is 1. The van der Waals surface area contributed by atoms with E-state index in [1.165, 1.54) is 7.11 Å². The average molecular weight is 420 g/mol. The van der Waals surface area contributed by atoms with Crippen LogP contribution in [0.15, 0.2) is 21.5 Å². The number of piperidine rings is 1. The lowest BCUT2D eigenvalue weighted by Crippen LogP contribution is -3.06. The van der Waals surface area contributed by atoms with Crippen LogP contribution < -0.4 is 14.8 Å². The number of methoxy groups -OCH3 is 1. The van der Waals surface area contributed by atoms with Crippen LogP contribution in [0.5, 0.6) is 5.75 Å². The molecule has 0 amide bonds. The van der Waals surface area contributed by atoms with E-state index in [0.29, 0.717) is 11.3 Å². The first-order valence-electron chi connectivity index (χ1n) is 8.09. The fourth-order valence-corrected chi connectivity index (χ4v) is 6.06. The standard InChI is InChI=1S/C17H27BrN2O3S/c1-11-7-13(18)14(23-6)8-15(11)24(21,22)19-12-9-16(2,3)20-17(4,5)10-12/h7-8,12,19-20H,9-10H2,1-6H3/p+1. The van der Waals surface area contributed by atoms with Gasteiger partial charge in [-0.1, -0.05) is 0 Å². The summed E-state index contributed by atoms with van der Waals surface area (Å²) in [7, 11) is -2.08. The van der Waals surface area contributed by atoms with Crippen LogP contribution in [0.2, 0.25) is 0 Å². The van der Waals surface area contributed by atoms with Gasteiger partial charge < -0.3 is 10.1 Å². The maximum Gasteiger partial charge on any atom is 0.241 e. The van der Waals surface area contributed by atoms with Gasteiger partial charge >= 0.3 is 0 Å². The van der Waals surface area contributed by atoms with Crippen LogP contribution in [0, 0.1) is 6.92 Å². The highest BCUT2D eigenvalue weighted by Gasteiger charge is 2.43. The Kier molecular flexibility index (Phi) is 5.41. The predicted molar refractivity (Wildman–Crippen MR) is 98.9 cm³/mol. The summed E-state index contributed by atoms with van der Waals surface area (Å²) < 4.78 is 34.8. The molecule has 2 rings (SSSR count). The van der Waals surface area contributed by atoms with Crippen molar-refractivity contribution in [3.8, 4) is 5.75 Å². The third kappa shape index (κ3) is 4.50. The highest BCUT2D eigenvalue weighted by atomic mass is 79.9. The minimum Gasteiger partial charge on any atom is -0.496 e. The number of benzene rings is 1. The molecule has 0 unspecified atom stereocenters. The Morgan fingerprint density at radius 1 is 1.21 bits per heavy atom. The number of quaternary nitrogens is 1. The quantitative estimate of drug-likeness (QED) is 0.786. The summed E-state index contributed by atoms with van der Waals surface area (Å²) in [6.07, 6.45) is 1.59. The van der Waals surface area contributed by atoms with E-state index >= 15 is 0 Å². The first-order valence-corrected chi connectivity index (χ1v) is 10.4. The zero-order chi connectivity index (χ0) is 18.3. The molecule has 5 nitrogen and oxygen atoms in total. The van der Waals surface area contributed by atoms with Crippen molar-refractivity contribution in [2.75, 3.05) is 7.11 Å². The van der Waals surface area contributed by atoms with Crippen molar-refractivity contribution in [1.29, 1.82) is 0 Å². The summed E-state index contributed by atoms with van der Waals surface area (Å²) in [5, 5.41) is 2.33.